The molecule has 4 amide bonds. The van der Waals surface area contributed by atoms with Gasteiger partial charge < -0.3 is 48.4 Å². The Morgan fingerprint density at radius 1 is 0.508 bits per heavy atom. The van der Waals surface area contributed by atoms with Crippen LogP contribution in [-0.2, 0) is 87.1 Å². The second kappa shape index (κ2) is 45.5. The van der Waals surface area contributed by atoms with E-state index in [0.29, 0.717) is 62.4 Å². The van der Waals surface area contributed by atoms with Crippen molar-refractivity contribution in [3.05, 3.63) is 215 Å². The number of halogens is 1. The molecule has 9 aromatic rings. The molecule has 6 atom stereocenters. The van der Waals surface area contributed by atoms with Crippen LogP contribution in [0.1, 0.15) is 160 Å². The van der Waals surface area contributed by atoms with Crippen LogP contribution in [0.5, 0.6) is 0 Å². The number of rotatable bonds is 20. The summed E-state index contributed by atoms with van der Waals surface area (Å²) in [7, 11) is -5.45. The fourth-order valence-electron chi connectivity index (χ4n) is 17.8. The number of nitrogens with zero attached hydrogens (tertiary/aromatic N) is 8. The Hall–Kier alpha value is -9.08. The van der Waals surface area contributed by atoms with Crippen LogP contribution in [0.3, 0.4) is 0 Å². The summed E-state index contributed by atoms with van der Waals surface area (Å²) in [5.41, 5.74) is 10.5. The van der Waals surface area contributed by atoms with Crippen LogP contribution < -0.4 is 10.8 Å². The largest absolute Gasteiger partial charge is 0.494 e. The normalized spacial score (nSPS) is 19.5. The molecular formula is C96H118BBrN10O16S8. The van der Waals surface area contributed by atoms with Crippen molar-refractivity contribution >= 4 is 216 Å². The first kappa shape index (κ1) is 107. The monoisotopic (exact) mass is 2010 g/mol. The van der Waals surface area contributed by atoms with Crippen molar-refractivity contribution in [2.45, 2.75) is 191 Å². The van der Waals surface area contributed by atoms with Gasteiger partial charge in [0, 0.05) is 61.0 Å². The molecule has 706 valence electrons. The van der Waals surface area contributed by atoms with E-state index in [9.17, 15) is 45.6 Å². The molecule has 132 heavy (non-hydrogen) atoms. The lowest BCUT2D eigenvalue weighted by Gasteiger charge is -2.32. The summed E-state index contributed by atoms with van der Waals surface area (Å²) in [4.78, 5) is 97.3. The highest BCUT2D eigenvalue weighted by atomic mass is 79.9. The number of allylic oxidation sites excluding steroid dienone is 1. The van der Waals surface area contributed by atoms with E-state index in [1.807, 2.05) is 129 Å². The fraction of sp³-hybridized carbons (Fsp3) is 0.396. The summed E-state index contributed by atoms with van der Waals surface area (Å²) >= 11 is 3.35. The Kier molecular flexibility index (Phi) is 36.8. The summed E-state index contributed by atoms with van der Waals surface area (Å²) in [5, 5.41) is 7.40. The average molecular weight is 2020 g/mol. The van der Waals surface area contributed by atoms with E-state index in [4.69, 9.17) is 38.2 Å². The Bertz CT molecular complexity index is 6050. The number of imidazole rings is 1. The third-order valence-corrected chi connectivity index (χ3v) is 28.8. The number of nitrogens with one attached hydrogen (secondary N) is 2. The number of amides is 4. The molecule has 0 saturated carbocycles. The number of esters is 2. The van der Waals surface area contributed by atoms with Crippen LogP contribution in [0.2, 0.25) is 0 Å². The number of fused-ring (bicyclic) bond motifs is 4. The molecule has 0 bridgehead atoms. The highest BCUT2D eigenvalue weighted by Crippen LogP contribution is 2.42. The zero-order valence-electron chi connectivity index (χ0n) is 75.5. The number of aliphatic imine (C=N–C) groups is 1. The number of amidine groups is 1. The number of benzene rings is 8. The maximum absolute atomic E-state index is 13.7. The molecule has 0 radical (unpaired) electrons. The van der Waals surface area contributed by atoms with Crippen LogP contribution in [0.25, 0.3) is 49.5 Å². The van der Waals surface area contributed by atoms with Gasteiger partial charge in [-0.15, -0.1) is 4.40 Å². The minimum absolute atomic E-state index is 0. The molecule has 0 spiro atoms. The minimum Gasteiger partial charge on any atom is -0.469 e. The van der Waals surface area contributed by atoms with Crippen molar-refractivity contribution in [3.8, 4) is 22.4 Å². The number of carbonyl (C=O) groups is 6. The average Bonchev–Trinajstić information content (AvgIpc) is 1.74. The summed E-state index contributed by atoms with van der Waals surface area (Å²) in [6.45, 7) is 18.7. The first-order valence-electron chi connectivity index (χ1n) is 43.1. The van der Waals surface area contributed by atoms with Crippen LogP contribution in [0.4, 0.5) is 15.3 Å². The van der Waals surface area contributed by atoms with Gasteiger partial charge in [0.05, 0.1) is 102 Å². The predicted octanol–water partition coefficient (Wildman–Crippen LogP) is 17.5. The molecule has 8 aliphatic heterocycles. The van der Waals surface area contributed by atoms with Crippen molar-refractivity contribution in [3.63, 3.8) is 0 Å². The lowest BCUT2D eigenvalue weighted by molar-refractivity contribution is -0.148. The minimum atomic E-state index is -3.96. The van der Waals surface area contributed by atoms with E-state index in [-0.39, 0.29) is 195 Å². The molecule has 5 fully saturated rings. The smallest absolute Gasteiger partial charge is 0.469 e. The van der Waals surface area contributed by atoms with Gasteiger partial charge in [0.1, 0.15) is 29.8 Å². The number of ether oxygens (including phenoxy) is 4. The number of hydrogen-bond acceptors (Lipinski definition) is 19. The lowest BCUT2D eigenvalue weighted by atomic mass is 9.78. The maximum Gasteiger partial charge on any atom is 0.494 e. The highest BCUT2D eigenvalue weighted by molar-refractivity contribution is 9.10. The summed E-state index contributed by atoms with van der Waals surface area (Å²) < 4.78 is 94.2. The molecule has 5 saturated heterocycles. The first-order valence-corrected chi connectivity index (χ1v) is 46.8. The summed E-state index contributed by atoms with van der Waals surface area (Å²) in [6.07, 6.45) is 10.2. The molecule has 8 aromatic carbocycles. The quantitative estimate of drug-likeness (QED) is 0.0407. The standard InChI is InChI=1S/C45H47N5O7S.C32H41BN2O5.C19H18BrN3O4S.6H2S/c1-28(2)36(25-42(51)56-3)44(52)49-19-8-12-40(49)43-46-26-38(47-43)34-16-15-31-21-30(13-14-32(31)22-34)33-17-18-41-35(23-33)24-37(48-58(41,54)55)39-11-7-20-50(39)45(53)57-27-29-9-5-4-6-10-29;1-20(2)26(18-29(36)38-7)30(37)35-14-8-9-28(35)27-17-24(19-34-27)22-10-11-23-16-25(13-12-21(23)15-22)33-39-31(3,4)32(5,6)40-33;20-14-8-9-17-15(11-14)21-18(22-28(17,25)26)16-7-4-10-23(16)19(24)27-12-13-5-2-1-3-6-13;;;;;;/h4-6,9-10,13-18,21-23,26,28,36,39-40H,7-8,11-12,19-20,24-25,27H2,1-3H3,(H,46,47);10-13,15-16,19-20,26,28H,8-9,14,17-18H2,1-7H3;1-3,5-6,8-9,11,16H,4,7,10,12H2,(H,21,22);6*1H2/t36-,39-,40-;26-,28-;;;;;;;/m00......./s1. The van der Waals surface area contributed by atoms with Gasteiger partial charge in [-0.05, 0) is 205 Å². The predicted molar refractivity (Wildman–Crippen MR) is 551 cm³/mol. The number of aromatic amines is 1. The third kappa shape index (κ3) is 23.9. The topological polar surface area (TPSA) is 317 Å². The lowest BCUT2D eigenvalue weighted by Crippen LogP contribution is -2.45. The van der Waals surface area contributed by atoms with Crippen molar-refractivity contribution < 1.29 is 73.9 Å². The Morgan fingerprint density at radius 3 is 1.52 bits per heavy atom. The van der Waals surface area contributed by atoms with E-state index in [1.54, 1.807) is 29.3 Å². The van der Waals surface area contributed by atoms with E-state index in [0.717, 1.165) is 133 Å². The fourth-order valence-corrected chi connectivity index (χ4v) is 20.6. The van der Waals surface area contributed by atoms with Gasteiger partial charge in [-0.3, -0.25) is 34.0 Å². The number of aromatic nitrogens is 2. The number of methoxy groups -OCH3 is 2. The van der Waals surface area contributed by atoms with Crippen molar-refractivity contribution in [1.82, 2.24) is 29.6 Å². The molecule has 8 aliphatic rings. The summed E-state index contributed by atoms with van der Waals surface area (Å²) in [5.74, 6) is -0.578. The van der Waals surface area contributed by atoms with Crippen molar-refractivity contribution in [2.75, 3.05) is 45.7 Å². The van der Waals surface area contributed by atoms with Gasteiger partial charge in [-0.25, -0.2) is 14.6 Å². The number of likely N-dealkylation sites (tertiary alicyclic amines) is 4. The van der Waals surface area contributed by atoms with Gasteiger partial charge in [0.15, 0.2) is 0 Å². The van der Waals surface area contributed by atoms with Gasteiger partial charge in [-0.1, -0.05) is 165 Å². The van der Waals surface area contributed by atoms with E-state index in [2.05, 4.69) is 123 Å². The van der Waals surface area contributed by atoms with Crippen LogP contribution >= 0.6 is 96.9 Å². The van der Waals surface area contributed by atoms with Crippen molar-refractivity contribution in [2.24, 2.45) is 37.5 Å². The van der Waals surface area contributed by atoms with E-state index < -0.39 is 50.2 Å². The summed E-state index contributed by atoms with van der Waals surface area (Å²) in [6, 6.07) is 53.1. The molecule has 36 heteroatoms. The Balaban J connectivity index is 0.000000232. The number of sulfonamides is 2. The molecular weight excluding hydrogens is 1900 g/mol. The maximum atomic E-state index is 13.7. The first-order chi connectivity index (χ1) is 60.3. The second-order valence-electron chi connectivity index (χ2n) is 35.0. The van der Waals surface area contributed by atoms with E-state index in [1.165, 1.54) is 25.2 Å². The number of anilines is 1. The molecule has 1 unspecified atom stereocenters. The molecule has 9 heterocycles. The highest BCUT2D eigenvalue weighted by Gasteiger charge is 2.52. The molecule has 26 nitrogen and oxygen atoms in total. The second-order valence-corrected chi connectivity index (χ2v) is 39.1. The third-order valence-electron chi connectivity index (χ3n) is 25.6. The number of hydrogen-bond donors (Lipinski definition) is 2. The molecule has 0 aliphatic carbocycles. The molecule has 17 rings (SSSR count). The van der Waals surface area contributed by atoms with Crippen LogP contribution in [0.15, 0.2) is 210 Å². The van der Waals surface area contributed by atoms with E-state index >= 15 is 0 Å². The molecule has 2 N–H and O–H groups in total. The number of carbonyl (C=O) groups excluding carboxylic acids is 6. The van der Waals surface area contributed by atoms with Gasteiger partial charge in [-0.2, -0.15) is 102 Å². The molecule has 1 aromatic heterocycles. The van der Waals surface area contributed by atoms with Crippen LogP contribution in [-0.4, -0.2) is 176 Å². The number of H-pyrrole nitrogens is 1. The Labute approximate surface area is 823 Å². The zero-order valence-corrected chi connectivity index (χ0v) is 84.8. The van der Waals surface area contributed by atoms with Gasteiger partial charge >= 0.3 is 31.2 Å². The Morgan fingerprint density at radius 2 is 0.962 bits per heavy atom. The van der Waals surface area contributed by atoms with Gasteiger partial charge in [0.2, 0.25) is 11.8 Å². The van der Waals surface area contributed by atoms with Crippen molar-refractivity contribution in [1.29, 1.82) is 0 Å². The SMILES string of the molecule is COC(=O)C[C@H](C(=O)N1CCC[C@H]1C1=NC=C(c2ccc3cc(B4OC(C)(C)C(C)(C)O4)ccc3c2)C1)C(C)C.COC(=O)C[C@H](C(=O)N1CCC[C@H]1c1ncc(-c2ccc3cc(-c4ccc5c(c4)CC([C@@H]4CCCN4C(=O)OCc4ccccc4)=NS5(=O)=O)ccc3c2)[nH]1)C(C)C.O=C(OCc1ccccc1)N1CCCC1C1=NS(=O)(=O)c2ccc(Br)cc2N1.S.S.S.S.S.S. The zero-order chi connectivity index (χ0) is 89.1. The van der Waals surface area contributed by atoms with Crippen LogP contribution in [0, 0.1) is 23.7 Å². The van der Waals surface area contributed by atoms with Gasteiger partial charge in [0.25, 0.3) is 20.0 Å².